The molecule has 148 valence electrons. The molecular formula is C19H18N6O3S. The summed E-state index contributed by atoms with van der Waals surface area (Å²) in [6.45, 7) is 1.42. The van der Waals surface area contributed by atoms with Crippen molar-refractivity contribution in [2.45, 2.75) is 13.5 Å². The van der Waals surface area contributed by atoms with Crippen LogP contribution in [0.25, 0.3) is 11.2 Å². The number of benzene rings is 1. The highest BCUT2D eigenvalue weighted by molar-refractivity contribution is 7.14. The van der Waals surface area contributed by atoms with Gasteiger partial charge in [-0.3, -0.25) is 19.1 Å². The Morgan fingerprint density at radius 3 is 2.55 bits per heavy atom. The van der Waals surface area contributed by atoms with Crippen molar-refractivity contribution >= 4 is 39.2 Å². The number of thiazole rings is 1. The Balaban J connectivity index is 1.82. The number of hydrogen-bond acceptors (Lipinski definition) is 6. The highest BCUT2D eigenvalue weighted by atomic mass is 32.1. The maximum Gasteiger partial charge on any atom is 0.332 e. The largest absolute Gasteiger partial charge is 0.332 e. The molecule has 0 N–H and O–H groups in total. The van der Waals surface area contributed by atoms with E-state index in [2.05, 4.69) is 9.97 Å². The van der Waals surface area contributed by atoms with Crippen LogP contribution in [0.1, 0.15) is 5.69 Å². The molecule has 0 fully saturated rings. The van der Waals surface area contributed by atoms with E-state index >= 15 is 0 Å². The summed E-state index contributed by atoms with van der Waals surface area (Å²) in [7, 11) is 3.19. The standard InChI is InChI=1S/C19H18N6O3S/c1-12-10-29-18(21-12)25(13-7-5-4-6-8-13)14(26)9-24-17(27)15-16(20-11-22(15)2)23(3)19(24)28/h4-8,10-11H,9H2,1-3H3. The average molecular weight is 410 g/mol. The summed E-state index contributed by atoms with van der Waals surface area (Å²) in [6, 6.07) is 9.02. The number of imidazole rings is 1. The Morgan fingerprint density at radius 2 is 1.90 bits per heavy atom. The molecule has 3 heterocycles. The molecule has 0 atom stereocenters. The number of anilines is 2. The van der Waals surface area contributed by atoms with Crippen molar-refractivity contribution in [3.8, 4) is 0 Å². The van der Waals surface area contributed by atoms with E-state index in [1.807, 2.05) is 30.5 Å². The van der Waals surface area contributed by atoms with Crippen LogP contribution >= 0.6 is 11.3 Å². The van der Waals surface area contributed by atoms with Gasteiger partial charge in [0.25, 0.3) is 11.5 Å². The molecule has 1 amide bonds. The molecule has 0 saturated heterocycles. The molecule has 0 spiro atoms. The molecule has 0 aliphatic carbocycles. The van der Waals surface area contributed by atoms with Crippen molar-refractivity contribution in [2.75, 3.05) is 4.90 Å². The fraction of sp³-hybridized carbons (Fsp3) is 0.211. The Morgan fingerprint density at radius 1 is 1.17 bits per heavy atom. The Hall–Kier alpha value is -3.53. The minimum Gasteiger partial charge on any atom is -0.328 e. The lowest BCUT2D eigenvalue weighted by atomic mass is 10.3. The molecule has 0 aliphatic rings. The van der Waals surface area contributed by atoms with Crippen LogP contribution in [0, 0.1) is 6.92 Å². The van der Waals surface area contributed by atoms with Gasteiger partial charge >= 0.3 is 5.69 Å². The second kappa shape index (κ2) is 7.13. The molecule has 3 aromatic heterocycles. The smallest absolute Gasteiger partial charge is 0.328 e. The Kier molecular flexibility index (Phi) is 4.63. The van der Waals surface area contributed by atoms with E-state index in [-0.39, 0.29) is 11.2 Å². The summed E-state index contributed by atoms with van der Waals surface area (Å²) in [5.41, 5.74) is 0.775. The van der Waals surface area contributed by atoms with Crippen LogP contribution in [-0.2, 0) is 25.4 Å². The first-order valence-electron chi connectivity index (χ1n) is 8.79. The zero-order valence-corrected chi connectivity index (χ0v) is 16.9. The van der Waals surface area contributed by atoms with E-state index in [0.29, 0.717) is 10.8 Å². The highest BCUT2D eigenvalue weighted by Gasteiger charge is 2.24. The van der Waals surface area contributed by atoms with Crippen molar-refractivity contribution < 1.29 is 4.79 Å². The predicted molar refractivity (Wildman–Crippen MR) is 111 cm³/mol. The third kappa shape index (κ3) is 3.17. The molecule has 0 bridgehead atoms. The Bertz CT molecular complexity index is 1330. The maximum atomic E-state index is 13.3. The average Bonchev–Trinajstić information content (AvgIpc) is 3.30. The SMILES string of the molecule is Cc1csc(N(C(=O)Cn2c(=O)c3c(ncn3C)n(C)c2=O)c2ccccc2)n1. The molecule has 9 nitrogen and oxygen atoms in total. The molecule has 0 radical (unpaired) electrons. The van der Waals surface area contributed by atoms with Gasteiger partial charge in [0, 0.05) is 19.5 Å². The first-order chi connectivity index (χ1) is 13.9. The van der Waals surface area contributed by atoms with Gasteiger partial charge in [-0.15, -0.1) is 11.3 Å². The van der Waals surface area contributed by atoms with Gasteiger partial charge in [0.1, 0.15) is 6.54 Å². The first-order valence-corrected chi connectivity index (χ1v) is 9.67. The van der Waals surface area contributed by atoms with E-state index < -0.39 is 23.7 Å². The van der Waals surface area contributed by atoms with Gasteiger partial charge in [0.15, 0.2) is 16.3 Å². The maximum absolute atomic E-state index is 13.3. The van der Waals surface area contributed by atoms with Gasteiger partial charge in [0.2, 0.25) is 0 Å². The molecular weight excluding hydrogens is 392 g/mol. The lowest BCUT2D eigenvalue weighted by Gasteiger charge is -2.20. The molecule has 10 heteroatoms. The zero-order chi connectivity index (χ0) is 20.7. The van der Waals surface area contributed by atoms with Crippen LogP contribution in [0.3, 0.4) is 0 Å². The molecule has 1 aromatic carbocycles. The molecule has 0 saturated carbocycles. The number of rotatable bonds is 4. The predicted octanol–water partition coefficient (Wildman–Crippen LogP) is 1.56. The molecule has 4 rings (SSSR count). The van der Waals surface area contributed by atoms with Gasteiger partial charge in [-0.05, 0) is 19.1 Å². The van der Waals surface area contributed by atoms with E-state index in [1.165, 1.54) is 38.7 Å². The summed E-state index contributed by atoms with van der Waals surface area (Å²) in [4.78, 5) is 48.9. The number of fused-ring (bicyclic) bond motifs is 1. The molecule has 0 unspecified atom stereocenters. The van der Waals surface area contributed by atoms with Crippen LogP contribution in [-0.4, -0.2) is 29.6 Å². The number of hydrogen-bond donors (Lipinski definition) is 0. The van der Waals surface area contributed by atoms with Crippen LogP contribution in [0.4, 0.5) is 10.8 Å². The van der Waals surface area contributed by atoms with Gasteiger partial charge in [-0.1, -0.05) is 18.2 Å². The van der Waals surface area contributed by atoms with E-state index in [1.54, 1.807) is 19.2 Å². The third-order valence-electron chi connectivity index (χ3n) is 4.56. The van der Waals surface area contributed by atoms with Crippen molar-refractivity contribution in [3.05, 3.63) is 68.6 Å². The van der Waals surface area contributed by atoms with Crippen molar-refractivity contribution in [3.63, 3.8) is 0 Å². The summed E-state index contributed by atoms with van der Waals surface area (Å²) < 4.78 is 3.74. The number of amides is 1. The summed E-state index contributed by atoms with van der Waals surface area (Å²) in [5.74, 6) is -0.439. The van der Waals surface area contributed by atoms with Crippen molar-refractivity contribution in [2.24, 2.45) is 14.1 Å². The number of aromatic nitrogens is 5. The molecule has 0 aliphatic heterocycles. The second-order valence-corrected chi connectivity index (χ2v) is 7.43. The summed E-state index contributed by atoms with van der Waals surface area (Å²) >= 11 is 1.32. The van der Waals surface area contributed by atoms with Crippen LogP contribution in [0.2, 0.25) is 0 Å². The van der Waals surface area contributed by atoms with Crippen molar-refractivity contribution in [1.82, 2.24) is 23.7 Å². The normalized spacial score (nSPS) is 11.1. The van der Waals surface area contributed by atoms with Crippen LogP contribution < -0.4 is 16.1 Å². The first kappa shape index (κ1) is 18.8. The third-order valence-corrected chi connectivity index (χ3v) is 5.50. The summed E-state index contributed by atoms with van der Waals surface area (Å²) in [5, 5.41) is 2.32. The van der Waals surface area contributed by atoms with E-state index in [9.17, 15) is 14.4 Å². The number of nitrogens with zero attached hydrogens (tertiary/aromatic N) is 6. The fourth-order valence-electron chi connectivity index (χ4n) is 3.12. The monoisotopic (exact) mass is 410 g/mol. The van der Waals surface area contributed by atoms with Gasteiger partial charge in [0.05, 0.1) is 17.7 Å². The zero-order valence-electron chi connectivity index (χ0n) is 16.1. The van der Waals surface area contributed by atoms with Gasteiger partial charge in [-0.25, -0.2) is 19.3 Å². The van der Waals surface area contributed by atoms with E-state index in [0.717, 1.165) is 10.3 Å². The number of aryl methyl sites for hydroxylation is 3. The fourth-order valence-corrected chi connectivity index (χ4v) is 3.96. The van der Waals surface area contributed by atoms with E-state index in [4.69, 9.17) is 0 Å². The number of carbonyl (C=O) groups is 1. The minimum absolute atomic E-state index is 0.260. The summed E-state index contributed by atoms with van der Waals surface area (Å²) in [6.07, 6.45) is 1.46. The lowest BCUT2D eigenvalue weighted by molar-refractivity contribution is -0.118. The lowest BCUT2D eigenvalue weighted by Crippen LogP contribution is -2.43. The highest BCUT2D eigenvalue weighted by Crippen LogP contribution is 2.28. The second-order valence-electron chi connectivity index (χ2n) is 6.60. The molecule has 4 aromatic rings. The molecule has 29 heavy (non-hydrogen) atoms. The van der Waals surface area contributed by atoms with Gasteiger partial charge < -0.3 is 4.57 Å². The minimum atomic E-state index is -0.599. The van der Waals surface area contributed by atoms with Gasteiger partial charge in [-0.2, -0.15) is 0 Å². The number of para-hydroxylation sites is 1. The number of carbonyl (C=O) groups excluding carboxylic acids is 1. The topological polar surface area (TPSA) is 95.0 Å². The van der Waals surface area contributed by atoms with Crippen LogP contribution in [0.5, 0.6) is 0 Å². The quantitative estimate of drug-likeness (QED) is 0.509. The van der Waals surface area contributed by atoms with Crippen molar-refractivity contribution in [1.29, 1.82) is 0 Å². The Labute approximate surface area is 169 Å². The van der Waals surface area contributed by atoms with Crippen LogP contribution in [0.15, 0.2) is 51.6 Å².